The highest BCUT2D eigenvalue weighted by atomic mass is 32.1. The summed E-state index contributed by atoms with van der Waals surface area (Å²) in [4.78, 5) is 12.4. The normalized spacial score (nSPS) is 10.3. The summed E-state index contributed by atoms with van der Waals surface area (Å²) in [6, 6.07) is 24.2. The van der Waals surface area contributed by atoms with E-state index in [2.05, 4.69) is 5.32 Å². The second kappa shape index (κ2) is 10.4. The third-order valence-electron chi connectivity index (χ3n) is 4.54. The number of rotatable bonds is 8. The van der Waals surface area contributed by atoms with Crippen molar-refractivity contribution in [2.75, 3.05) is 11.9 Å². The van der Waals surface area contributed by atoms with Crippen molar-refractivity contribution in [2.24, 2.45) is 0 Å². The van der Waals surface area contributed by atoms with Gasteiger partial charge in [-0.3, -0.25) is 10.1 Å². The minimum atomic E-state index is -0.423. The monoisotopic (exact) mass is 421 g/mol. The number of nitrogens with zero attached hydrogens (tertiary/aromatic N) is 2. The number of hydrogen-bond acceptors (Lipinski definition) is 4. The maximum atomic E-state index is 10.8. The van der Waals surface area contributed by atoms with Crippen LogP contribution in [-0.2, 0) is 13.2 Å². The topological polar surface area (TPSA) is 67.6 Å². The lowest BCUT2D eigenvalue weighted by Gasteiger charge is -2.24. The Morgan fingerprint density at radius 2 is 1.67 bits per heavy atom. The summed E-state index contributed by atoms with van der Waals surface area (Å²) < 4.78 is 5.83. The molecule has 6 nitrogen and oxygen atoms in total. The summed E-state index contributed by atoms with van der Waals surface area (Å²) >= 11 is 5.52. The second-order valence-electron chi connectivity index (χ2n) is 6.67. The van der Waals surface area contributed by atoms with E-state index in [0.717, 1.165) is 23.4 Å². The average molecular weight is 422 g/mol. The van der Waals surface area contributed by atoms with Crippen molar-refractivity contribution in [1.82, 2.24) is 4.90 Å². The highest BCUT2D eigenvalue weighted by Crippen LogP contribution is 2.18. The summed E-state index contributed by atoms with van der Waals surface area (Å²) in [5.41, 5.74) is 3.00. The lowest BCUT2D eigenvalue weighted by Crippen LogP contribution is -2.34. The van der Waals surface area contributed by atoms with Gasteiger partial charge in [0.25, 0.3) is 5.69 Å². The highest BCUT2D eigenvalue weighted by Gasteiger charge is 2.10. The molecule has 0 amide bonds. The van der Waals surface area contributed by atoms with Gasteiger partial charge in [0.2, 0.25) is 0 Å². The first-order valence-electron chi connectivity index (χ1n) is 9.61. The number of nitro groups is 1. The van der Waals surface area contributed by atoms with Gasteiger partial charge in [-0.25, -0.2) is 0 Å². The summed E-state index contributed by atoms with van der Waals surface area (Å²) in [5, 5.41) is 14.5. The van der Waals surface area contributed by atoms with Gasteiger partial charge in [-0.05, 0) is 54.5 Å². The molecule has 0 bridgehead atoms. The zero-order valence-electron chi connectivity index (χ0n) is 16.7. The van der Waals surface area contributed by atoms with Crippen molar-refractivity contribution in [3.8, 4) is 5.75 Å². The first-order chi connectivity index (χ1) is 14.5. The van der Waals surface area contributed by atoms with E-state index >= 15 is 0 Å². The fourth-order valence-electron chi connectivity index (χ4n) is 2.85. The van der Waals surface area contributed by atoms with E-state index in [1.807, 2.05) is 66.4 Å². The van der Waals surface area contributed by atoms with E-state index in [4.69, 9.17) is 17.0 Å². The number of benzene rings is 3. The number of ether oxygens (including phenoxy) is 1. The van der Waals surface area contributed by atoms with Gasteiger partial charge in [0.1, 0.15) is 12.4 Å². The average Bonchev–Trinajstić information content (AvgIpc) is 2.78. The summed E-state index contributed by atoms with van der Waals surface area (Å²) in [7, 11) is 0. The molecule has 0 unspecified atom stereocenters. The molecule has 0 saturated heterocycles. The zero-order chi connectivity index (χ0) is 21.3. The predicted molar refractivity (Wildman–Crippen MR) is 123 cm³/mol. The maximum Gasteiger partial charge on any atom is 0.269 e. The summed E-state index contributed by atoms with van der Waals surface area (Å²) in [6.45, 7) is 3.94. The molecule has 3 aromatic rings. The van der Waals surface area contributed by atoms with Crippen molar-refractivity contribution in [3.63, 3.8) is 0 Å². The second-order valence-corrected chi connectivity index (χ2v) is 7.05. The van der Waals surface area contributed by atoms with Crippen molar-refractivity contribution in [3.05, 3.63) is 100 Å². The number of hydrogen-bond donors (Lipinski definition) is 1. The van der Waals surface area contributed by atoms with Crippen molar-refractivity contribution in [1.29, 1.82) is 0 Å². The third kappa shape index (κ3) is 6.02. The van der Waals surface area contributed by atoms with Crippen LogP contribution in [0.5, 0.6) is 5.75 Å². The van der Waals surface area contributed by atoms with Crippen molar-refractivity contribution >= 4 is 28.7 Å². The van der Waals surface area contributed by atoms with Crippen LogP contribution in [0.25, 0.3) is 0 Å². The minimum absolute atomic E-state index is 0.0494. The van der Waals surface area contributed by atoms with E-state index < -0.39 is 4.92 Å². The molecule has 0 aliphatic rings. The number of nitro benzene ring substituents is 1. The molecular formula is C23H23N3O3S. The Morgan fingerprint density at radius 3 is 2.27 bits per heavy atom. The van der Waals surface area contributed by atoms with Gasteiger partial charge in [-0.15, -0.1) is 0 Å². The fraction of sp³-hybridized carbons (Fsp3) is 0.174. The Labute approximate surface area is 181 Å². The zero-order valence-corrected chi connectivity index (χ0v) is 17.5. The molecule has 0 radical (unpaired) electrons. The lowest BCUT2D eigenvalue weighted by atomic mass is 10.2. The van der Waals surface area contributed by atoms with E-state index in [9.17, 15) is 10.1 Å². The Balaban J connectivity index is 1.55. The van der Waals surface area contributed by atoms with Crippen LogP contribution in [0.15, 0.2) is 78.9 Å². The molecule has 7 heteroatoms. The Bertz CT molecular complexity index is 977. The number of thiocarbonyl (C=S) groups is 1. The van der Waals surface area contributed by atoms with Crippen LogP contribution in [0.3, 0.4) is 0 Å². The summed E-state index contributed by atoms with van der Waals surface area (Å²) in [6.07, 6.45) is 0. The molecule has 1 N–H and O–H groups in total. The van der Waals surface area contributed by atoms with E-state index in [1.54, 1.807) is 12.1 Å². The lowest BCUT2D eigenvalue weighted by molar-refractivity contribution is -0.384. The summed E-state index contributed by atoms with van der Waals surface area (Å²) in [5.74, 6) is 0.817. The minimum Gasteiger partial charge on any atom is -0.489 e. The van der Waals surface area contributed by atoms with Crippen LogP contribution in [0.1, 0.15) is 18.1 Å². The third-order valence-corrected chi connectivity index (χ3v) is 4.90. The molecule has 154 valence electrons. The molecule has 3 aromatic carbocycles. The molecule has 30 heavy (non-hydrogen) atoms. The number of non-ortho nitro benzene ring substituents is 1. The highest BCUT2D eigenvalue weighted by molar-refractivity contribution is 7.80. The molecule has 0 aliphatic carbocycles. The predicted octanol–water partition coefficient (Wildman–Crippen LogP) is 5.39. The Hall–Kier alpha value is -3.45. The maximum absolute atomic E-state index is 10.8. The smallest absolute Gasteiger partial charge is 0.269 e. The molecule has 0 atom stereocenters. The molecule has 0 fully saturated rings. The standard InChI is InChI=1S/C23H23N3O3S/c1-2-25(23(30)24-20-10-12-21(13-11-20)26(27)28)16-18-8-14-22(15-9-18)29-17-19-6-4-3-5-7-19/h3-15H,2,16-17H2,1H3,(H,24,30). The quantitative estimate of drug-likeness (QED) is 0.299. The van der Waals surface area contributed by atoms with Gasteiger partial charge in [-0.1, -0.05) is 42.5 Å². The Kier molecular flexibility index (Phi) is 7.34. The van der Waals surface area contributed by atoms with Crippen LogP contribution in [0.4, 0.5) is 11.4 Å². The fourth-order valence-corrected chi connectivity index (χ4v) is 3.16. The molecule has 0 aromatic heterocycles. The van der Waals surface area contributed by atoms with Crippen molar-refractivity contribution in [2.45, 2.75) is 20.1 Å². The van der Waals surface area contributed by atoms with E-state index in [0.29, 0.717) is 24.0 Å². The first-order valence-corrected chi connectivity index (χ1v) is 10.0. The van der Waals surface area contributed by atoms with Crippen molar-refractivity contribution < 1.29 is 9.66 Å². The SMILES string of the molecule is CCN(Cc1ccc(OCc2ccccc2)cc1)C(=S)Nc1ccc([N+](=O)[O-])cc1. The largest absolute Gasteiger partial charge is 0.489 e. The van der Waals surface area contributed by atoms with Gasteiger partial charge in [0, 0.05) is 30.9 Å². The van der Waals surface area contributed by atoms with Gasteiger partial charge >= 0.3 is 0 Å². The first kappa shape index (κ1) is 21.3. The van der Waals surface area contributed by atoms with E-state index in [-0.39, 0.29) is 5.69 Å². The van der Waals surface area contributed by atoms with Gasteiger partial charge < -0.3 is 15.0 Å². The molecule has 0 aliphatic heterocycles. The van der Waals surface area contributed by atoms with Crippen LogP contribution in [0, 0.1) is 10.1 Å². The van der Waals surface area contributed by atoms with Crippen LogP contribution in [-0.4, -0.2) is 21.5 Å². The Morgan fingerprint density at radius 1 is 1.00 bits per heavy atom. The number of nitrogens with one attached hydrogen (secondary N) is 1. The molecular weight excluding hydrogens is 398 g/mol. The molecule has 0 heterocycles. The van der Waals surface area contributed by atoms with Crippen LogP contribution < -0.4 is 10.1 Å². The molecule has 0 spiro atoms. The van der Waals surface area contributed by atoms with Crippen LogP contribution in [0.2, 0.25) is 0 Å². The van der Waals surface area contributed by atoms with Gasteiger partial charge in [0.15, 0.2) is 5.11 Å². The van der Waals surface area contributed by atoms with E-state index in [1.165, 1.54) is 12.1 Å². The van der Waals surface area contributed by atoms with Crippen LogP contribution >= 0.6 is 12.2 Å². The van der Waals surface area contributed by atoms with Gasteiger partial charge in [0.05, 0.1) is 4.92 Å². The molecule has 0 saturated carbocycles. The number of anilines is 1. The van der Waals surface area contributed by atoms with Gasteiger partial charge in [-0.2, -0.15) is 0 Å². The molecule has 3 rings (SSSR count).